The zero-order valence-electron chi connectivity index (χ0n) is 8.05. The van der Waals surface area contributed by atoms with Crippen molar-refractivity contribution in [1.29, 1.82) is 0 Å². The van der Waals surface area contributed by atoms with Crippen molar-refractivity contribution in [3.63, 3.8) is 0 Å². The summed E-state index contributed by atoms with van der Waals surface area (Å²) >= 11 is 3.49. The number of halogens is 1. The van der Waals surface area contributed by atoms with Gasteiger partial charge in [0.25, 0.3) is 0 Å². The van der Waals surface area contributed by atoms with Crippen LogP contribution in [0.2, 0.25) is 0 Å². The van der Waals surface area contributed by atoms with Gasteiger partial charge >= 0.3 is 0 Å². The SMILES string of the molecule is CCN(C)Cc1cccc(N)c1Br. The number of nitrogens with zero attached hydrogens (tertiary/aromatic N) is 1. The summed E-state index contributed by atoms with van der Waals surface area (Å²) in [7, 11) is 2.09. The molecule has 0 bridgehead atoms. The molecule has 0 aromatic heterocycles. The lowest BCUT2D eigenvalue weighted by molar-refractivity contribution is 0.345. The number of benzene rings is 1. The molecule has 3 heteroatoms. The Hall–Kier alpha value is -0.540. The molecule has 0 atom stereocenters. The molecule has 0 aliphatic heterocycles. The Morgan fingerprint density at radius 2 is 2.15 bits per heavy atom. The molecular formula is C10H15BrN2. The Labute approximate surface area is 87.9 Å². The Morgan fingerprint density at radius 1 is 1.46 bits per heavy atom. The number of nitrogens with two attached hydrogens (primary N) is 1. The van der Waals surface area contributed by atoms with E-state index in [1.807, 2.05) is 12.1 Å². The molecule has 0 aliphatic rings. The molecule has 72 valence electrons. The van der Waals surface area contributed by atoms with Crippen LogP contribution in [-0.4, -0.2) is 18.5 Å². The zero-order chi connectivity index (χ0) is 9.84. The normalized spacial score (nSPS) is 10.8. The fourth-order valence-electron chi connectivity index (χ4n) is 1.12. The van der Waals surface area contributed by atoms with Crippen LogP contribution < -0.4 is 5.73 Å². The van der Waals surface area contributed by atoms with E-state index in [0.29, 0.717) is 0 Å². The van der Waals surface area contributed by atoms with Crippen LogP contribution in [-0.2, 0) is 6.54 Å². The van der Waals surface area contributed by atoms with Gasteiger partial charge in [-0.3, -0.25) is 0 Å². The first-order chi connectivity index (χ1) is 6.15. The predicted octanol–water partition coefficient (Wildman–Crippen LogP) is 2.48. The summed E-state index contributed by atoms with van der Waals surface area (Å²) in [5.41, 5.74) is 7.82. The molecule has 0 saturated heterocycles. The van der Waals surface area contributed by atoms with Crippen molar-refractivity contribution in [2.24, 2.45) is 0 Å². The van der Waals surface area contributed by atoms with Gasteiger partial charge in [-0.05, 0) is 41.2 Å². The van der Waals surface area contributed by atoms with Gasteiger partial charge in [-0.2, -0.15) is 0 Å². The predicted molar refractivity (Wildman–Crippen MR) is 60.6 cm³/mol. The van der Waals surface area contributed by atoms with Gasteiger partial charge in [0.05, 0.1) is 0 Å². The van der Waals surface area contributed by atoms with E-state index in [9.17, 15) is 0 Å². The van der Waals surface area contributed by atoms with Crippen molar-refractivity contribution in [3.05, 3.63) is 28.2 Å². The van der Waals surface area contributed by atoms with E-state index >= 15 is 0 Å². The van der Waals surface area contributed by atoms with Crippen molar-refractivity contribution in [1.82, 2.24) is 4.90 Å². The minimum atomic E-state index is 0.807. The van der Waals surface area contributed by atoms with Gasteiger partial charge in [0.1, 0.15) is 0 Å². The molecule has 0 spiro atoms. The largest absolute Gasteiger partial charge is 0.398 e. The van der Waals surface area contributed by atoms with Gasteiger partial charge in [0.2, 0.25) is 0 Å². The monoisotopic (exact) mass is 242 g/mol. The topological polar surface area (TPSA) is 29.3 Å². The maximum Gasteiger partial charge on any atom is 0.0461 e. The maximum atomic E-state index is 5.77. The minimum Gasteiger partial charge on any atom is -0.398 e. The lowest BCUT2D eigenvalue weighted by Crippen LogP contribution is -2.17. The second kappa shape index (κ2) is 4.63. The molecule has 0 unspecified atom stereocenters. The van der Waals surface area contributed by atoms with E-state index in [0.717, 1.165) is 23.2 Å². The third kappa shape index (κ3) is 2.71. The fourth-order valence-corrected chi connectivity index (χ4v) is 1.51. The van der Waals surface area contributed by atoms with Crippen LogP contribution >= 0.6 is 15.9 Å². The highest BCUT2D eigenvalue weighted by Gasteiger charge is 2.04. The van der Waals surface area contributed by atoms with Crippen LogP contribution in [0.4, 0.5) is 5.69 Å². The van der Waals surface area contributed by atoms with E-state index in [4.69, 9.17) is 5.73 Å². The van der Waals surface area contributed by atoms with Crippen LogP contribution in [0.1, 0.15) is 12.5 Å². The van der Waals surface area contributed by atoms with Crippen molar-refractivity contribution in [2.45, 2.75) is 13.5 Å². The van der Waals surface area contributed by atoms with Gasteiger partial charge in [-0.1, -0.05) is 19.1 Å². The van der Waals surface area contributed by atoms with Gasteiger partial charge in [0, 0.05) is 16.7 Å². The first kappa shape index (κ1) is 10.5. The van der Waals surface area contributed by atoms with Gasteiger partial charge < -0.3 is 10.6 Å². The summed E-state index contributed by atoms with van der Waals surface area (Å²) in [4.78, 5) is 2.24. The van der Waals surface area contributed by atoms with Crippen molar-refractivity contribution < 1.29 is 0 Å². The summed E-state index contributed by atoms with van der Waals surface area (Å²) in [5.74, 6) is 0. The number of rotatable bonds is 3. The molecule has 0 amide bonds. The summed E-state index contributed by atoms with van der Waals surface area (Å²) in [5, 5.41) is 0. The van der Waals surface area contributed by atoms with Crippen LogP contribution in [0, 0.1) is 0 Å². The second-order valence-electron chi connectivity index (χ2n) is 3.15. The van der Waals surface area contributed by atoms with E-state index in [1.165, 1.54) is 5.56 Å². The number of hydrogen-bond donors (Lipinski definition) is 1. The van der Waals surface area contributed by atoms with E-state index in [1.54, 1.807) is 0 Å². The highest BCUT2D eigenvalue weighted by Crippen LogP contribution is 2.24. The molecule has 0 aliphatic carbocycles. The van der Waals surface area contributed by atoms with Crippen LogP contribution in [0.25, 0.3) is 0 Å². The number of anilines is 1. The van der Waals surface area contributed by atoms with Crippen LogP contribution in [0.15, 0.2) is 22.7 Å². The Balaban J connectivity index is 2.83. The second-order valence-corrected chi connectivity index (χ2v) is 3.94. The van der Waals surface area contributed by atoms with Gasteiger partial charge in [-0.15, -0.1) is 0 Å². The Morgan fingerprint density at radius 3 is 2.77 bits per heavy atom. The first-order valence-corrected chi connectivity index (χ1v) is 5.16. The van der Waals surface area contributed by atoms with E-state index in [2.05, 4.69) is 40.9 Å². The summed E-state index contributed by atoms with van der Waals surface area (Å²) in [6, 6.07) is 5.98. The summed E-state index contributed by atoms with van der Waals surface area (Å²) in [6.45, 7) is 4.11. The lowest BCUT2D eigenvalue weighted by Gasteiger charge is -2.15. The molecule has 13 heavy (non-hydrogen) atoms. The van der Waals surface area contributed by atoms with Gasteiger partial charge in [-0.25, -0.2) is 0 Å². The highest BCUT2D eigenvalue weighted by atomic mass is 79.9. The molecule has 0 fully saturated rings. The molecule has 0 saturated carbocycles. The molecular weight excluding hydrogens is 228 g/mol. The Kier molecular flexibility index (Phi) is 3.75. The van der Waals surface area contributed by atoms with Gasteiger partial charge in [0.15, 0.2) is 0 Å². The standard InChI is InChI=1S/C10H15BrN2/c1-3-13(2)7-8-5-4-6-9(12)10(8)11/h4-6H,3,7,12H2,1-2H3. The molecule has 1 aromatic carbocycles. The third-order valence-electron chi connectivity index (χ3n) is 2.09. The lowest BCUT2D eigenvalue weighted by atomic mass is 10.2. The van der Waals surface area contributed by atoms with E-state index < -0.39 is 0 Å². The minimum absolute atomic E-state index is 0.807. The molecule has 1 rings (SSSR count). The smallest absolute Gasteiger partial charge is 0.0461 e. The molecule has 0 radical (unpaired) electrons. The van der Waals surface area contributed by atoms with Crippen LogP contribution in [0.5, 0.6) is 0 Å². The zero-order valence-corrected chi connectivity index (χ0v) is 9.63. The highest BCUT2D eigenvalue weighted by molar-refractivity contribution is 9.10. The molecule has 2 N–H and O–H groups in total. The third-order valence-corrected chi connectivity index (χ3v) is 3.06. The molecule has 1 aromatic rings. The van der Waals surface area contributed by atoms with Crippen molar-refractivity contribution in [2.75, 3.05) is 19.3 Å². The number of hydrogen-bond acceptors (Lipinski definition) is 2. The van der Waals surface area contributed by atoms with Crippen molar-refractivity contribution >= 4 is 21.6 Å². The van der Waals surface area contributed by atoms with E-state index in [-0.39, 0.29) is 0 Å². The summed E-state index contributed by atoms with van der Waals surface area (Å²) in [6.07, 6.45) is 0. The average molecular weight is 243 g/mol. The Bertz CT molecular complexity index is 286. The fraction of sp³-hybridized carbons (Fsp3) is 0.400. The summed E-state index contributed by atoms with van der Waals surface area (Å²) < 4.78 is 1.02. The van der Waals surface area contributed by atoms with Crippen LogP contribution in [0.3, 0.4) is 0 Å². The van der Waals surface area contributed by atoms with Crippen molar-refractivity contribution in [3.8, 4) is 0 Å². The maximum absolute atomic E-state index is 5.77. The first-order valence-electron chi connectivity index (χ1n) is 4.36. The molecule has 0 heterocycles. The number of nitrogen functional groups attached to an aromatic ring is 1. The molecule has 2 nitrogen and oxygen atoms in total. The average Bonchev–Trinajstić information content (AvgIpc) is 2.13. The quantitative estimate of drug-likeness (QED) is 0.826.